The Kier molecular flexibility index (Phi) is 6.07. The Hall–Kier alpha value is -2.45. The van der Waals surface area contributed by atoms with Gasteiger partial charge in [-0.05, 0) is 18.7 Å². The van der Waals surface area contributed by atoms with Gasteiger partial charge in [-0.15, -0.1) is 0 Å². The molecule has 2 rings (SSSR count). The molecular formula is C15H21N5O3. The molecule has 0 aliphatic heterocycles. The summed E-state index contributed by atoms with van der Waals surface area (Å²) in [5, 5.41) is 6.67. The van der Waals surface area contributed by atoms with Crippen LogP contribution in [0.3, 0.4) is 0 Å². The zero-order valence-corrected chi connectivity index (χ0v) is 13.3. The number of nitrogens with one attached hydrogen (secondary N) is 1. The Morgan fingerprint density at radius 2 is 2.22 bits per heavy atom. The van der Waals surface area contributed by atoms with E-state index in [1.165, 1.54) is 0 Å². The summed E-state index contributed by atoms with van der Waals surface area (Å²) in [7, 11) is 1.56. The van der Waals surface area contributed by atoms with Crippen LogP contribution in [-0.4, -0.2) is 41.1 Å². The van der Waals surface area contributed by atoms with Crippen molar-refractivity contribution in [2.45, 2.75) is 20.0 Å². The van der Waals surface area contributed by atoms with E-state index in [1.54, 1.807) is 19.2 Å². The lowest BCUT2D eigenvalue weighted by molar-refractivity contribution is -0.117. The fourth-order valence-electron chi connectivity index (χ4n) is 2.06. The highest BCUT2D eigenvalue weighted by Gasteiger charge is 2.14. The van der Waals surface area contributed by atoms with Crippen LogP contribution < -0.4 is 15.8 Å². The summed E-state index contributed by atoms with van der Waals surface area (Å²) in [6.45, 7) is 3.46. The molecule has 0 bridgehead atoms. The van der Waals surface area contributed by atoms with Gasteiger partial charge in [-0.2, -0.15) is 4.98 Å². The number of hydrogen-bond donors (Lipinski definition) is 2. The van der Waals surface area contributed by atoms with Crippen LogP contribution in [0.25, 0.3) is 0 Å². The third-order valence-corrected chi connectivity index (χ3v) is 3.25. The molecule has 1 heterocycles. The van der Waals surface area contributed by atoms with Gasteiger partial charge in [-0.25, -0.2) is 0 Å². The molecule has 0 unspecified atom stereocenters. The van der Waals surface area contributed by atoms with E-state index >= 15 is 0 Å². The van der Waals surface area contributed by atoms with Crippen molar-refractivity contribution in [3.05, 3.63) is 36.0 Å². The number of benzene rings is 1. The number of hydrogen-bond acceptors (Lipinski definition) is 7. The van der Waals surface area contributed by atoms with Gasteiger partial charge in [0.15, 0.2) is 5.82 Å². The largest absolute Gasteiger partial charge is 0.495 e. The molecule has 1 aromatic carbocycles. The van der Waals surface area contributed by atoms with Crippen LogP contribution in [0.1, 0.15) is 18.6 Å². The van der Waals surface area contributed by atoms with Crippen molar-refractivity contribution in [1.82, 2.24) is 15.0 Å². The predicted molar refractivity (Wildman–Crippen MR) is 84.8 cm³/mol. The first-order chi connectivity index (χ1) is 11.2. The first-order valence-electron chi connectivity index (χ1n) is 7.33. The third kappa shape index (κ3) is 4.76. The highest BCUT2D eigenvalue weighted by atomic mass is 16.5. The van der Waals surface area contributed by atoms with Gasteiger partial charge in [0.25, 0.3) is 0 Å². The van der Waals surface area contributed by atoms with Gasteiger partial charge in [0, 0.05) is 0 Å². The predicted octanol–water partition coefficient (Wildman–Crippen LogP) is 0.998. The molecule has 0 spiro atoms. The number of para-hydroxylation sites is 2. The highest BCUT2D eigenvalue weighted by Crippen LogP contribution is 2.22. The van der Waals surface area contributed by atoms with E-state index in [0.717, 1.165) is 0 Å². The second-order valence-electron chi connectivity index (χ2n) is 4.86. The minimum absolute atomic E-state index is 0.140. The van der Waals surface area contributed by atoms with Gasteiger partial charge in [-0.1, -0.05) is 24.2 Å². The lowest BCUT2D eigenvalue weighted by Crippen LogP contribution is -2.33. The van der Waals surface area contributed by atoms with E-state index in [-0.39, 0.29) is 19.0 Å². The molecule has 0 aliphatic rings. The van der Waals surface area contributed by atoms with E-state index in [0.29, 0.717) is 36.2 Å². The monoisotopic (exact) mass is 319 g/mol. The summed E-state index contributed by atoms with van der Waals surface area (Å²) in [6, 6.07) is 7.27. The van der Waals surface area contributed by atoms with E-state index in [2.05, 4.69) is 15.5 Å². The SMILES string of the molecule is CCN(CC(=O)Nc1ccccc1OC)Cc1noc(CN)n1. The van der Waals surface area contributed by atoms with Crippen LogP contribution in [0, 0.1) is 0 Å². The quantitative estimate of drug-likeness (QED) is 0.747. The maximum absolute atomic E-state index is 12.2. The van der Waals surface area contributed by atoms with Gasteiger partial charge in [0.1, 0.15) is 5.75 Å². The van der Waals surface area contributed by atoms with Crippen molar-refractivity contribution in [3.63, 3.8) is 0 Å². The number of carbonyl (C=O) groups excluding carboxylic acids is 1. The van der Waals surface area contributed by atoms with Crippen molar-refractivity contribution < 1.29 is 14.1 Å². The molecule has 124 valence electrons. The van der Waals surface area contributed by atoms with Crippen molar-refractivity contribution in [2.24, 2.45) is 5.73 Å². The zero-order valence-electron chi connectivity index (χ0n) is 13.3. The van der Waals surface area contributed by atoms with Crippen LogP contribution in [0.2, 0.25) is 0 Å². The highest BCUT2D eigenvalue weighted by molar-refractivity contribution is 5.93. The van der Waals surface area contributed by atoms with E-state index in [4.69, 9.17) is 15.0 Å². The first kappa shape index (κ1) is 16.9. The van der Waals surface area contributed by atoms with Crippen LogP contribution in [0.15, 0.2) is 28.8 Å². The number of anilines is 1. The molecule has 8 heteroatoms. The number of likely N-dealkylation sites (N-methyl/N-ethyl adjacent to an activating group) is 1. The van der Waals surface area contributed by atoms with E-state index in [1.807, 2.05) is 24.0 Å². The fourth-order valence-corrected chi connectivity index (χ4v) is 2.06. The number of nitrogens with zero attached hydrogens (tertiary/aromatic N) is 3. The number of methoxy groups -OCH3 is 1. The smallest absolute Gasteiger partial charge is 0.240 e. The molecule has 1 amide bonds. The number of rotatable bonds is 8. The molecule has 1 aromatic heterocycles. The summed E-state index contributed by atoms with van der Waals surface area (Å²) in [5.74, 6) is 1.38. The van der Waals surface area contributed by atoms with Gasteiger partial charge >= 0.3 is 0 Å². The molecular weight excluding hydrogens is 298 g/mol. The molecule has 0 atom stereocenters. The summed E-state index contributed by atoms with van der Waals surface area (Å²) in [4.78, 5) is 18.2. The maximum atomic E-state index is 12.2. The molecule has 3 N–H and O–H groups in total. The van der Waals surface area contributed by atoms with Crippen molar-refractivity contribution in [2.75, 3.05) is 25.5 Å². The maximum Gasteiger partial charge on any atom is 0.240 e. The zero-order chi connectivity index (χ0) is 16.7. The number of aromatic nitrogens is 2. The molecule has 23 heavy (non-hydrogen) atoms. The van der Waals surface area contributed by atoms with E-state index in [9.17, 15) is 4.79 Å². The Bertz CT molecular complexity index is 644. The lowest BCUT2D eigenvalue weighted by atomic mass is 10.3. The topological polar surface area (TPSA) is 107 Å². The van der Waals surface area contributed by atoms with Crippen molar-refractivity contribution in [3.8, 4) is 5.75 Å². The summed E-state index contributed by atoms with van der Waals surface area (Å²) in [5.41, 5.74) is 6.07. The second kappa shape index (κ2) is 8.25. The molecule has 2 aromatic rings. The van der Waals surface area contributed by atoms with Gasteiger partial charge < -0.3 is 20.3 Å². The van der Waals surface area contributed by atoms with Crippen LogP contribution >= 0.6 is 0 Å². The Balaban J connectivity index is 1.94. The summed E-state index contributed by atoms with van der Waals surface area (Å²) < 4.78 is 10.2. The number of nitrogens with two attached hydrogens (primary N) is 1. The number of carbonyl (C=O) groups is 1. The van der Waals surface area contributed by atoms with Gasteiger partial charge in [-0.3, -0.25) is 9.69 Å². The van der Waals surface area contributed by atoms with E-state index < -0.39 is 0 Å². The van der Waals surface area contributed by atoms with Crippen molar-refractivity contribution in [1.29, 1.82) is 0 Å². The molecule has 0 saturated carbocycles. The molecule has 0 radical (unpaired) electrons. The first-order valence-corrected chi connectivity index (χ1v) is 7.33. The minimum atomic E-state index is -0.140. The molecule has 0 saturated heterocycles. The Labute approximate surface area is 134 Å². The fraction of sp³-hybridized carbons (Fsp3) is 0.400. The Morgan fingerprint density at radius 1 is 1.43 bits per heavy atom. The molecule has 0 fully saturated rings. The van der Waals surface area contributed by atoms with Crippen LogP contribution in [0.4, 0.5) is 5.69 Å². The third-order valence-electron chi connectivity index (χ3n) is 3.25. The minimum Gasteiger partial charge on any atom is -0.495 e. The van der Waals surface area contributed by atoms with Crippen molar-refractivity contribution >= 4 is 11.6 Å². The summed E-state index contributed by atoms with van der Waals surface area (Å²) >= 11 is 0. The standard InChI is InChI=1S/C15H21N5O3/c1-3-20(9-13-18-15(8-16)23-19-13)10-14(21)17-11-6-4-5-7-12(11)22-2/h4-7H,3,8-10,16H2,1-2H3,(H,17,21). The molecule has 0 aliphatic carbocycles. The average Bonchev–Trinajstić information content (AvgIpc) is 3.02. The van der Waals surface area contributed by atoms with Gasteiger partial charge in [0.05, 0.1) is 32.4 Å². The lowest BCUT2D eigenvalue weighted by Gasteiger charge is -2.18. The summed E-state index contributed by atoms with van der Waals surface area (Å²) in [6.07, 6.45) is 0. The van der Waals surface area contributed by atoms with Crippen LogP contribution in [-0.2, 0) is 17.9 Å². The molecule has 8 nitrogen and oxygen atoms in total. The normalized spacial score (nSPS) is 10.8. The number of amides is 1. The van der Waals surface area contributed by atoms with Crippen LogP contribution in [0.5, 0.6) is 5.75 Å². The number of ether oxygens (including phenoxy) is 1. The average molecular weight is 319 g/mol. The van der Waals surface area contributed by atoms with Gasteiger partial charge in [0.2, 0.25) is 11.8 Å². The second-order valence-corrected chi connectivity index (χ2v) is 4.86. The Morgan fingerprint density at radius 3 is 2.87 bits per heavy atom.